The molecule has 0 aromatic heterocycles. The summed E-state index contributed by atoms with van der Waals surface area (Å²) in [4.78, 5) is 13.9. The van der Waals surface area contributed by atoms with E-state index in [4.69, 9.17) is 10.8 Å². The van der Waals surface area contributed by atoms with Gasteiger partial charge in [-0.2, -0.15) is 0 Å². The first kappa shape index (κ1) is 15.7. The number of aliphatic hydroxyl groups excluding tert-OH is 1. The van der Waals surface area contributed by atoms with Gasteiger partial charge in [0.05, 0.1) is 12.6 Å². The fourth-order valence-corrected chi connectivity index (χ4v) is 1.99. The molecule has 0 heterocycles. The van der Waals surface area contributed by atoms with Crippen molar-refractivity contribution in [2.24, 2.45) is 5.73 Å². The lowest BCUT2D eigenvalue weighted by Crippen LogP contribution is -2.46. The highest BCUT2D eigenvalue weighted by atomic mass is 16.3. The van der Waals surface area contributed by atoms with E-state index in [2.05, 4.69) is 6.92 Å². The lowest BCUT2D eigenvalue weighted by molar-refractivity contribution is -0.133. The zero-order valence-corrected chi connectivity index (χ0v) is 11.6. The third kappa shape index (κ3) is 5.41. The molecule has 0 aliphatic carbocycles. The number of hydrogen-bond donors (Lipinski definition) is 2. The van der Waals surface area contributed by atoms with E-state index >= 15 is 0 Å². The number of rotatable bonds is 8. The van der Waals surface area contributed by atoms with Crippen LogP contribution in [0, 0.1) is 0 Å². The van der Waals surface area contributed by atoms with Gasteiger partial charge in [0.25, 0.3) is 0 Å². The Morgan fingerprint density at radius 1 is 1.32 bits per heavy atom. The van der Waals surface area contributed by atoms with Gasteiger partial charge in [-0.25, -0.2) is 0 Å². The van der Waals surface area contributed by atoms with Crippen molar-refractivity contribution >= 4 is 5.91 Å². The van der Waals surface area contributed by atoms with Crippen LogP contribution in [0.4, 0.5) is 0 Å². The maximum atomic E-state index is 12.2. The molecule has 106 valence electrons. The van der Waals surface area contributed by atoms with E-state index in [1.807, 2.05) is 30.3 Å². The van der Waals surface area contributed by atoms with Crippen molar-refractivity contribution in [3.05, 3.63) is 35.9 Å². The summed E-state index contributed by atoms with van der Waals surface area (Å²) in [5.41, 5.74) is 7.04. The largest absolute Gasteiger partial charge is 0.395 e. The third-order valence-electron chi connectivity index (χ3n) is 3.08. The summed E-state index contributed by atoms with van der Waals surface area (Å²) >= 11 is 0. The summed E-state index contributed by atoms with van der Waals surface area (Å²) < 4.78 is 0. The molecule has 0 aliphatic heterocycles. The number of nitrogens with zero attached hydrogens (tertiary/aromatic N) is 1. The average molecular weight is 264 g/mol. The number of amides is 1. The van der Waals surface area contributed by atoms with Crippen molar-refractivity contribution in [1.82, 2.24) is 4.90 Å². The number of carbonyl (C=O) groups is 1. The fourth-order valence-electron chi connectivity index (χ4n) is 1.99. The highest BCUT2D eigenvalue weighted by Crippen LogP contribution is 2.05. The van der Waals surface area contributed by atoms with E-state index in [0.29, 0.717) is 19.5 Å². The van der Waals surface area contributed by atoms with Crippen LogP contribution in [0.15, 0.2) is 30.3 Å². The maximum absolute atomic E-state index is 12.2. The standard InChI is InChI=1S/C15H24N2O2/c1-2-3-9-17(10-11-18)15(19)14(16)12-13-7-5-4-6-8-13/h4-8,14,18H,2-3,9-12,16H2,1H3/t14-/m1/s1. The van der Waals surface area contributed by atoms with Gasteiger partial charge in [0.2, 0.25) is 5.91 Å². The van der Waals surface area contributed by atoms with Gasteiger partial charge in [-0.05, 0) is 18.4 Å². The summed E-state index contributed by atoms with van der Waals surface area (Å²) in [6.45, 7) is 3.08. The molecule has 0 aliphatic rings. The Morgan fingerprint density at radius 2 is 2.00 bits per heavy atom. The molecule has 1 aromatic carbocycles. The molecule has 0 spiro atoms. The summed E-state index contributed by atoms with van der Waals surface area (Å²) in [7, 11) is 0. The van der Waals surface area contributed by atoms with Gasteiger partial charge in [0.15, 0.2) is 0 Å². The van der Waals surface area contributed by atoms with Gasteiger partial charge in [-0.15, -0.1) is 0 Å². The lowest BCUT2D eigenvalue weighted by Gasteiger charge is -2.25. The van der Waals surface area contributed by atoms with E-state index in [1.54, 1.807) is 4.90 Å². The van der Waals surface area contributed by atoms with Crippen molar-refractivity contribution in [1.29, 1.82) is 0 Å². The zero-order chi connectivity index (χ0) is 14.1. The van der Waals surface area contributed by atoms with Crippen LogP contribution in [0.25, 0.3) is 0 Å². The second kappa shape index (κ2) is 8.67. The van der Waals surface area contributed by atoms with Crippen LogP contribution < -0.4 is 5.73 Å². The van der Waals surface area contributed by atoms with Gasteiger partial charge in [0, 0.05) is 13.1 Å². The summed E-state index contributed by atoms with van der Waals surface area (Å²) in [5.74, 6) is -0.0775. The molecule has 0 unspecified atom stereocenters. The average Bonchev–Trinajstić information content (AvgIpc) is 2.43. The fraction of sp³-hybridized carbons (Fsp3) is 0.533. The predicted octanol–water partition coefficient (Wildman–Crippen LogP) is 1.18. The minimum absolute atomic E-state index is 0.0203. The number of carbonyl (C=O) groups excluding carboxylic acids is 1. The lowest BCUT2D eigenvalue weighted by atomic mass is 10.1. The third-order valence-corrected chi connectivity index (χ3v) is 3.08. The van der Waals surface area contributed by atoms with Crippen molar-refractivity contribution in [3.63, 3.8) is 0 Å². The molecule has 0 bridgehead atoms. The monoisotopic (exact) mass is 264 g/mol. The predicted molar refractivity (Wildman–Crippen MR) is 76.7 cm³/mol. The molecular formula is C15H24N2O2. The second-order valence-corrected chi connectivity index (χ2v) is 4.70. The Labute approximate surface area is 115 Å². The van der Waals surface area contributed by atoms with E-state index in [1.165, 1.54) is 0 Å². The van der Waals surface area contributed by atoms with Gasteiger partial charge < -0.3 is 15.7 Å². The highest BCUT2D eigenvalue weighted by Gasteiger charge is 2.20. The van der Waals surface area contributed by atoms with Gasteiger partial charge in [-0.1, -0.05) is 43.7 Å². The van der Waals surface area contributed by atoms with E-state index in [-0.39, 0.29) is 12.5 Å². The minimum atomic E-state index is -0.536. The molecule has 0 saturated carbocycles. The molecule has 1 amide bonds. The van der Waals surface area contributed by atoms with Crippen molar-refractivity contribution in [2.45, 2.75) is 32.2 Å². The molecule has 3 N–H and O–H groups in total. The smallest absolute Gasteiger partial charge is 0.239 e. The van der Waals surface area contributed by atoms with Crippen molar-refractivity contribution < 1.29 is 9.90 Å². The molecule has 4 nitrogen and oxygen atoms in total. The molecule has 1 aromatic rings. The summed E-state index contributed by atoms with van der Waals surface area (Å²) in [5, 5.41) is 9.02. The van der Waals surface area contributed by atoms with Crippen LogP contribution in [0.5, 0.6) is 0 Å². The number of nitrogens with two attached hydrogens (primary N) is 1. The Kier molecular flexibility index (Phi) is 7.15. The van der Waals surface area contributed by atoms with Gasteiger partial charge in [0.1, 0.15) is 0 Å². The topological polar surface area (TPSA) is 66.6 Å². The first-order valence-electron chi connectivity index (χ1n) is 6.88. The second-order valence-electron chi connectivity index (χ2n) is 4.70. The Bertz CT molecular complexity index is 368. The molecule has 1 rings (SSSR count). The van der Waals surface area contributed by atoms with Gasteiger partial charge >= 0.3 is 0 Å². The normalized spacial score (nSPS) is 12.2. The maximum Gasteiger partial charge on any atom is 0.239 e. The van der Waals surface area contributed by atoms with Gasteiger partial charge in [-0.3, -0.25) is 4.79 Å². The van der Waals surface area contributed by atoms with Crippen LogP contribution in [0.1, 0.15) is 25.3 Å². The van der Waals surface area contributed by atoms with Crippen LogP contribution in [0.3, 0.4) is 0 Å². The molecule has 4 heteroatoms. The Balaban J connectivity index is 2.57. The molecule has 0 fully saturated rings. The van der Waals surface area contributed by atoms with Crippen molar-refractivity contribution in [2.75, 3.05) is 19.7 Å². The van der Waals surface area contributed by atoms with E-state index in [0.717, 1.165) is 18.4 Å². The minimum Gasteiger partial charge on any atom is -0.395 e. The molecule has 0 radical (unpaired) electrons. The van der Waals surface area contributed by atoms with Crippen molar-refractivity contribution in [3.8, 4) is 0 Å². The molecule has 1 atom stereocenters. The first-order chi connectivity index (χ1) is 9.19. The van der Waals surface area contributed by atoms with E-state index < -0.39 is 6.04 Å². The molecular weight excluding hydrogens is 240 g/mol. The molecule has 0 saturated heterocycles. The summed E-state index contributed by atoms with van der Waals surface area (Å²) in [6, 6.07) is 9.22. The number of unbranched alkanes of at least 4 members (excludes halogenated alkanes) is 1. The first-order valence-corrected chi connectivity index (χ1v) is 6.88. The van der Waals surface area contributed by atoms with Crippen LogP contribution in [-0.4, -0.2) is 41.7 Å². The molecule has 19 heavy (non-hydrogen) atoms. The number of hydrogen-bond acceptors (Lipinski definition) is 3. The Hall–Kier alpha value is -1.39. The zero-order valence-electron chi connectivity index (χ0n) is 11.6. The SMILES string of the molecule is CCCCN(CCO)C(=O)[C@H](N)Cc1ccccc1. The van der Waals surface area contributed by atoms with Crippen LogP contribution >= 0.6 is 0 Å². The van der Waals surface area contributed by atoms with Crippen LogP contribution in [0.2, 0.25) is 0 Å². The highest BCUT2D eigenvalue weighted by molar-refractivity contribution is 5.82. The quantitative estimate of drug-likeness (QED) is 0.741. The number of benzene rings is 1. The number of aliphatic hydroxyl groups is 1. The van der Waals surface area contributed by atoms with Crippen LogP contribution in [-0.2, 0) is 11.2 Å². The Morgan fingerprint density at radius 3 is 2.58 bits per heavy atom. The summed E-state index contributed by atoms with van der Waals surface area (Å²) in [6.07, 6.45) is 2.49. The van der Waals surface area contributed by atoms with E-state index in [9.17, 15) is 4.79 Å².